The van der Waals surface area contributed by atoms with Gasteiger partial charge < -0.3 is 15.2 Å². The lowest BCUT2D eigenvalue weighted by Crippen LogP contribution is -2.55. The van der Waals surface area contributed by atoms with Gasteiger partial charge in [-0.3, -0.25) is 4.90 Å². The van der Waals surface area contributed by atoms with Crippen molar-refractivity contribution >= 4 is 0 Å². The molecule has 1 atom stereocenters. The van der Waals surface area contributed by atoms with Gasteiger partial charge in [-0.15, -0.1) is 0 Å². The zero-order valence-corrected chi connectivity index (χ0v) is 10.00. The van der Waals surface area contributed by atoms with Gasteiger partial charge in [-0.25, -0.2) is 0 Å². The van der Waals surface area contributed by atoms with Crippen LogP contribution in [0.25, 0.3) is 0 Å². The molecular formula is C11H24N2O2. The summed E-state index contributed by atoms with van der Waals surface area (Å²) in [4.78, 5) is 2.40. The number of hydrogen-bond donors (Lipinski definition) is 1. The average molecular weight is 216 g/mol. The summed E-state index contributed by atoms with van der Waals surface area (Å²) in [5.74, 6) is 0. The molecule has 15 heavy (non-hydrogen) atoms. The molecule has 1 saturated heterocycles. The maximum absolute atomic E-state index is 5.89. The van der Waals surface area contributed by atoms with Crippen molar-refractivity contribution in [1.29, 1.82) is 0 Å². The summed E-state index contributed by atoms with van der Waals surface area (Å²) in [5.41, 5.74) is 5.95. The highest BCUT2D eigenvalue weighted by molar-refractivity contribution is 4.94. The van der Waals surface area contributed by atoms with Crippen LogP contribution in [0.3, 0.4) is 0 Å². The van der Waals surface area contributed by atoms with E-state index >= 15 is 0 Å². The van der Waals surface area contributed by atoms with Crippen molar-refractivity contribution in [3.8, 4) is 0 Å². The summed E-state index contributed by atoms with van der Waals surface area (Å²) in [5, 5.41) is 0. The fraction of sp³-hybridized carbons (Fsp3) is 1.00. The summed E-state index contributed by atoms with van der Waals surface area (Å²) < 4.78 is 10.9. The second-order valence-corrected chi connectivity index (χ2v) is 4.01. The fourth-order valence-electron chi connectivity index (χ4n) is 2.19. The molecule has 4 nitrogen and oxygen atoms in total. The molecule has 90 valence electrons. The van der Waals surface area contributed by atoms with Crippen molar-refractivity contribution in [1.82, 2.24) is 4.90 Å². The normalized spacial score (nSPS) is 26.4. The summed E-state index contributed by atoms with van der Waals surface area (Å²) in [7, 11) is 0. The van der Waals surface area contributed by atoms with Gasteiger partial charge >= 0.3 is 0 Å². The second-order valence-electron chi connectivity index (χ2n) is 4.01. The van der Waals surface area contributed by atoms with Gasteiger partial charge in [-0.05, 0) is 19.9 Å². The summed E-state index contributed by atoms with van der Waals surface area (Å²) in [6, 6.07) is 0. The quantitative estimate of drug-likeness (QED) is 0.628. The van der Waals surface area contributed by atoms with Gasteiger partial charge in [0.25, 0.3) is 0 Å². The molecule has 1 aliphatic rings. The molecular weight excluding hydrogens is 192 g/mol. The standard InChI is InChI=1S/C11H24N2O2/c1-3-13(6-8-14-4-2)11(9-12)5-7-15-10-11/h3-10,12H2,1-2H3. The van der Waals surface area contributed by atoms with Crippen molar-refractivity contribution in [2.45, 2.75) is 25.8 Å². The van der Waals surface area contributed by atoms with Crippen molar-refractivity contribution in [2.75, 3.05) is 46.1 Å². The fourth-order valence-corrected chi connectivity index (χ4v) is 2.19. The van der Waals surface area contributed by atoms with E-state index in [1.165, 1.54) is 0 Å². The molecule has 0 radical (unpaired) electrons. The lowest BCUT2D eigenvalue weighted by atomic mass is 9.96. The molecule has 0 saturated carbocycles. The Balaban J connectivity index is 2.46. The maximum atomic E-state index is 5.89. The average Bonchev–Trinajstić information content (AvgIpc) is 2.74. The van der Waals surface area contributed by atoms with Gasteiger partial charge in [0.2, 0.25) is 0 Å². The molecule has 0 aliphatic carbocycles. The SMILES string of the molecule is CCOCCN(CC)C1(CN)CCOC1. The van der Waals surface area contributed by atoms with Crippen molar-refractivity contribution < 1.29 is 9.47 Å². The van der Waals surface area contributed by atoms with E-state index in [9.17, 15) is 0 Å². The van der Waals surface area contributed by atoms with Crippen LogP contribution in [-0.4, -0.2) is 56.5 Å². The Kier molecular flexibility index (Phi) is 5.53. The van der Waals surface area contributed by atoms with Crippen LogP contribution in [-0.2, 0) is 9.47 Å². The lowest BCUT2D eigenvalue weighted by molar-refractivity contribution is 0.0424. The summed E-state index contributed by atoms with van der Waals surface area (Å²) in [6.45, 7) is 9.99. The lowest BCUT2D eigenvalue weighted by Gasteiger charge is -2.38. The molecule has 4 heteroatoms. The minimum absolute atomic E-state index is 0.0614. The molecule has 2 N–H and O–H groups in total. The summed E-state index contributed by atoms with van der Waals surface area (Å²) >= 11 is 0. The minimum atomic E-state index is 0.0614. The highest BCUT2D eigenvalue weighted by Gasteiger charge is 2.38. The van der Waals surface area contributed by atoms with Gasteiger partial charge in [0.1, 0.15) is 0 Å². The zero-order valence-electron chi connectivity index (χ0n) is 10.00. The van der Waals surface area contributed by atoms with Crippen LogP contribution < -0.4 is 5.73 Å². The first kappa shape index (κ1) is 12.9. The van der Waals surface area contributed by atoms with Gasteiger partial charge in [0.15, 0.2) is 0 Å². The predicted octanol–water partition coefficient (Wildman–Crippen LogP) is 0.463. The third kappa shape index (κ3) is 3.14. The van der Waals surface area contributed by atoms with Crippen molar-refractivity contribution in [2.24, 2.45) is 5.73 Å². The van der Waals surface area contributed by atoms with Crippen LogP contribution in [0.4, 0.5) is 0 Å². The van der Waals surface area contributed by atoms with E-state index < -0.39 is 0 Å². The Bertz CT molecular complexity index is 170. The predicted molar refractivity (Wildman–Crippen MR) is 61.0 cm³/mol. The molecule has 1 fully saturated rings. The van der Waals surface area contributed by atoms with Crippen LogP contribution in [0.5, 0.6) is 0 Å². The van der Waals surface area contributed by atoms with Crippen LogP contribution in [0.2, 0.25) is 0 Å². The third-order valence-electron chi connectivity index (χ3n) is 3.22. The largest absolute Gasteiger partial charge is 0.380 e. The van der Waals surface area contributed by atoms with E-state index in [0.29, 0.717) is 6.54 Å². The number of hydrogen-bond acceptors (Lipinski definition) is 4. The molecule has 0 amide bonds. The molecule has 1 heterocycles. The van der Waals surface area contributed by atoms with Crippen LogP contribution in [0.1, 0.15) is 20.3 Å². The zero-order chi connectivity index (χ0) is 11.1. The first-order valence-corrected chi connectivity index (χ1v) is 5.89. The van der Waals surface area contributed by atoms with E-state index in [1.54, 1.807) is 0 Å². The molecule has 0 aromatic carbocycles. The van der Waals surface area contributed by atoms with E-state index in [4.69, 9.17) is 15.2 Å². The topological polar surface area (TPSA) is 47.7 Å². The van der Waals surface area contributed by atoms with Crippen molar-refractivity contribution in [3.05, 3.63) is 0 Å². The number of ether oxygens (including phenoxy) is 2. The van der Waals surface area contributed by atoms with Crippen molar-refractivity contribution in [3.63, 3.8) is 0 Å². The Morgan fingerprint density at radius 2 is 2.27 bits per heavy atom. The number of nitrogens with two attached hydrogens (primary N) is 1. The summed E-state index contributed by atoms with van der Waals surface area (Å²) in [6.07, 6.45) is 1.05. The second kappa shape index (κ2) is 6.43. The number of likely N-dealkylation sites (N-methyl/N-ethyl adjacent to an activating group) is 1. The Labute approximate surface area is 92.7 Å². The highest BCUT2D eigenvalue weighted by atomic mass is 16.5. The van der Waals surface area contributed by atoms with Gasteiger partial charge in [-0.1, -0.05) is 6.92 Å². The van der Waals surface area contributed by atoms with Gasteiger partial charge in [0, 0.05) is 26.3 Å². The van der Waals surface area contributed by atoms with E-state index in [0.717, 1.165) is 45.9 Å². The smallest absolute Gasteiger partial charge is 0.0663 e. The van der Waals surface area contributed by atoms with Crippen LogP contribution in [0.15, 0.2) is 0 Å². The Hall–Kier alpha value is -0.160. The maximum Gasteiger partial charge on any atom is 0.0663 e. The molecule has 1 aliphatic heterocycles. The number of nitrogens with zero attached hydrogens (tertiary/aromatic N) is 1. The first-order valence-electron chi connectivity index (χ1n) is 5.89. The van der Waals surface area contributed by atoms with E-state index in [1.807, 2.05) is 6.92 Å². The highest BCUT2D eigenvalue weighted by Crippen LogP contribution is 2.24. The molecule has 0 bridgehead atoms. The van der Waals surface area contributed by atoms with E-state index in [2.05, 4.69) is 11.8 Å². The molecule has 0 aromatic rings. The Morgan fingerprint density at radius 3 is 2.73 bits per heavy atom. The van der Waals surface area contributed by atoms with Gasteiger partial charge in [0.05, 0.1) is 18.8 Å². The molecule has 0 spiro atoms. The number of rotatable bonds is 7. The molecule has 1 rings (SSSR count). The first-order chi connectivity index (χ1) is 7.29. The molecule has 1 unspecified atom stereocenters. The van der Waals surface area contributed by atoms with E-state index in [-0.39, 0.29) is 5.54 Å². The third-order valence-corrected chi connectivity index (χ3v) is 3.22. The molecule has 0 aromatic heterocycles. The van der Waals surface area contributed by atoms with Crippen LogP contribution >= 0.6 is 0 Å². The monoisotopic (exact) mass is 216 g/mol. The minimum Gasteiger partial charge on any atom is -0.380 e. The Morgan fingerprint density at radius 1 is 1.47 bits per heavy atom. The van der Waals surface area contributed by atoms with Gasteiger partial charge in [-0.2, -0.15) is 0 Å². The van der Waals surface area contributed by atoms with Crippen LogP contribution in [0, 0.1) is 0 Å².